The van der Waals surface area contributed by atoms with Crippen LogP contribution in [0.5, 0.6) is 0 Å². The maximum absolute atomic E-state index is 11.9. The van der Waals surface area contributed by atoms with Crippen LogP contribution in [-0.4, -0.2) is 24.0 Å². The lowest BCUT2D eigenvalue weighted by molar-refractivity contribution is 0.0944. The van der Waals surface area contributed by atoms with Crippen molar-refractivity contribution in [2.24, 2.45) is 0 Å². The molecule has 0 atom stereocenters. The third-order valence-electron chi connectivity index (χ3n) is 2.42. The Morgan fingerprint density at radius 3 is 2.81 bits per heavy atom. The number of hydrogen-bond donors (Lipinski definition) is 3. The third kappa shape index (κ3) is 2.16. The largest absolute Gasteiger partial charge is 0.382 e. The number of hydrogen-bond acceptors (Lipinski definition) is 5. The Kier molecular flexibility index (Phi) is 3.09. The molecule has 0 saturated heterocycles. The minimum absolute atomic E-state index is 0.134. The van der Waals surface area contributed by atoms with Gasteiger partial charge in [0, 0.05) is 13.1 Å². The SMILES string of the molecule is CNc1nc(N)c(C(=O)NC2CC=CC2)s1. The fraction of sp³-hybridized carbons (Fsp3) is 0.400. The molecule has 0 aromatic carbocycles. The van der Waals surface area contributed by atoms with Crippen LogP contribution < -0.4 is 16.4 Å². The van der Waals surface area contributed by atoms with E-state index < -0.39 is 0 Å². The van der Waals surface area contributed by atoms with Crippen molar-refractivity contribution in [3.63, 3.8) is 0 Å². The van der Waals surface area contributed by atoms with Crippen LogP contribution in [-0.2, 0) is 0 Å². The molecule has 1 amide bonds. The molecule has 0 unspecified atom stereocenters. The molecular weight excluding hydrogens is 224 g/mol. The molecule has 4 N–H and O–H groups in total. The molecule has 1 aromatic rings. The summed E-state index contributed by atoms with van der Waals surface area (Å²) in [4.78, 5) is 16.4. The fourth-order valence-corrected chi connectivity index (χ4v) is 2.33. The highest BCUT2D eigenvalue weighted by molar-refractivity contribution is 7.18. The molecule has 0 fully saturated rings. The van der Waals surface area contributed by atoms with Crippen molar-refractivity contribution in [3.8, 4) is 0 Å². The molecule has 0 spiro atoms. The second-order valence-corrected chi connectivity index (χ2v) is 4.60. The van der Waals surface area contributed by atoms with Crippen LogP contribution in [0.25, 0.3) is 0 Å². The van der Waals surface area contributed by atoms with E-state index in [1.54, 1.807) is 7.05 Å². The number of rotatable bonds is 3. The molecule has 1 heterocycles. The second kappa shape index (κ2) is 4.52. The van der Waals surface area contributed by atoms with Gasteiger partial charge in [0.05, 0.1) is 0 Å². The standard InChI is InChI=1S/C10H14N4OS/c1-12-10-14-8(11)7(16-10)9(15)13-6-4-2-3-5-6/h2-3,6H,4-5,11H2,1H3,(H,12,14)(H,13,15). The molecule has 1 aromatic heterocycles. The molecule has 5 nitrogen and oxygen atoms in total. The number of aromatic nitrogens is 1. The molecule has 2 rings (SSSR count). The smallest absolute Gasteiger partial charge is 0.265 e. The van der Waals surface area contributed by atoms with Gasteiger partial charge in [-0.15, -0.1) is 0 Å². The van der Waals surface area contributed by atoms with E-state index in [0.717, 1.165) is 12.8 Å². The summed E-state index contributed by atoms with van der Waals surface area (Å²) < 4.78 is 0. The van der Waals surface area contributed by atoms with Crippen LogP contribution in [0.4, 0.5) is 10.9 Å². The van der Waals surface area contributed by atoms with Gasteiger partial charge in [-0.1, -0.05) is 23.5 Å². The lowest BCUT2D eigenvalue weighted by Gasteiger charge is -2.10. The summed E-state index contributed by atoms with van der Waals surface area (Å²) in [5.41, 5.74) is 5.67. The summed E-state index contributed by atoms with van der Waals surface area (Å²) in [5, 5.41) is 6.47. The van der Waals surface area contributed by atoms with E-state index in [2.05, 4.69) is 27.8 Å². The van der Waals surface area contributed by atoms with Gasteiger partial charge in [-0.05, 0) is 12.8 Å². The Morgan fingerprint density at radius 1 is 1.56 bits per heavy atom. The quantitative estimate of drug-likeness (QED) is 0.692. The number of amides is 1. The third-order valence-corrected chi connectivity index (χ3v) is 3.50. The summed E-state index contributed by atoms with van der Waals surface area (Å²) >= 11 is 1.27. The van der Waals surface area contributed by atoms with E-state index in [1.807, 2.05) is 0 Å². The van der Waals surface area contributed by atoms with Gasteiger partial charge in [-0.3, -0.25) is 4.79 Å². The summed E-state index contributed by atoms with van der Waals surface area (Å²) in [7, 11) is 1.75. The number of anilines is 2. The van der Waals surface area contributed by atoms with Crippen molar-refractivity contribution < 1.29 is 4.79 Å². The maximum Gasteiger partial charge on any atom is 0.265 e. The van der Waals surface area contributed by atoms with Crippen LogP contribution >= 0.6 is 11.3 Å². The molecule has 0 saturated carbocycles. The summed E-state index contributed by atoms with van der Waals surface area (Å²) in [6.45, 7) is 0. The topological polar surface area (TPSA) is 80.0 Å². The van der Waals surface area contributed by atoms with Gasteiger partial charge in [0.1, 0.15) is 10.7 Å². The van der Waals surface area contributed by atoms with E-state index in [1.165, 1.54) is 11.3 Å². The number of nitrogen functional groups attached to an aromatic ring is 1. The number of nitrogens with one attached hydrogen (secondary N) is 2. The summed E-state index contributed by atoms with van der Waals surface area (Å²) in [6.07, 6.45) is 5.92. The van der Waals surface area contributed by atoms with Gasteiger partial charge in [-0.25, -0.2) is 4.98 Å². The van der Waals surface area contributed by atoms with Crippen molar-refractivity contribution in [2.45, 2.75) is 18.9 Å². The number of carbonyl (C=O) groups is 1. The highest BCUT2D eigenvalue weighted by Gasteiger charge is 2.19. The van der Waals surface area contributed by atoms with Crippen molar-refractivity contribution in [1.29, 1.82) is 0 Å². The highest BCUT2D eigenvalue weighted by Crippen LogP contribution is 2.24. The molecule has 86 valence electrons. The molecule has 0 bridgehead atoms. The predicted molar refractivity (Wildman–Crippen MR) is 65.7 cm³/mol. The van der Waals surface area contributed by atoms with Gasteiger partial charge in [0.2, 0.25) is 0 Å². The first-order valence-electron chi connectivity index (χ1n) is 5.10. The maximum atomic E-state index is 11.9. The van der Waals surface area contributed by atoms with E-state index in [9.17, 15) is 4.79 Å². The molecule has 0 radical (unpaired) electrons. The predicted octanol–water partition coefficient (Wildman–Crippen LogP) is 1.22. The van der Waals surface area contributed by atoms with Gasteiger partial charge in [-0.2, -0.15) is 0 Å². The lowest BCUT2D eigenvalue weighted by Crippen LogP contribution is -2.32. The monoisotopic (exact) mass is 238 g/mol. The van der Waals surface area contributed by atoms with Gasteiger partial charge >= 0.3 is 0 Å². The number of thiazole rings is 1. The molecule has 6 heteroatoms. The zero-order chi connectivity index (χ0) is 11.5. The normalized spacial score (nSPS) is 15.3. The van der Waals surface area contributed by atoms with Crippen LogP contribution in [0, 0.1) is 0 Å². The minimum atomic E-state index is -0.134. The fourth-order valence-electron chi connectivity index (χ4n) is 1.59. The zero-order valence-electron chi connectivity index (χ0n) is 8.99. The van der Waals surface area contributed by atoms with Crippen molar-refractivity contribution in [2.75, 3.05) is 18.1 Å². The van der Waals surface area contributed by atoms with E-state index in [4.69, 9.17) is 5.73 Å². The van der Waals surface area contributed by atoms with Gasteiger partial charge in [0.25, 0.3) is 5.91 Å². The highest BCUT2D eigenvalue weighted by atomic mass is 32.1. The first-order chi connectivity index (χ1) is 7.70. The first-order valence-corrected chi connectivity index (χ1v) is 5.92. The van der Waals surface area contributed by atoms with Crippen molar-refractivity contribution >= 4 is 28.2 Å². The minimum Gasteiger partial charge on any atom is -0.382 e. The number of carbonyl (C=O) groups excluding carboxylic acids is 1. The summed E-state index contributed by atoms with van der Waals surface area (Å²) in [6, 6.07) is 0.201. The Bertz CT molecular complexity index is 418. The molecular formula is C10H14N4OS. The lowest BCUT2D eigenvalue weighted by atomic mass is 10.2. The average Bonchev–Trinajstić information content (AvgIpc) is 2.87. The Morgan fingerprint density at radius 2 is 2.25 bits per heavy atom. The van der Waals surface area contributed by atoms with Gasteiger partial charge < -0.3 is 16.4 Å². The number of nitrogens with two attached hydrogens (primary N) is 1. The molecule has 1 aliphatic carbocycles. The zero-order valence-corrected chi connectivity index (χ0v) is 9.80. The summed E-state index contributed by atoms with van der Waals surface area (Å²) in [5.74, 6) is 0.156. The van der Waals surface area contributed by atoms with E-state index in [0.29, 0.717) is 10.0 Å². The Hall–Kier alpha value is -1.56. The Labute approximate surface area is 97.8 Å². The van der Waals surface area contributed by atoms with E-state index in [-0.39, 0.29) is 17.8 Å². The van der Waals surface area contributed by atoms with Crippen LogP contribution in [0.2, 0.25) is 0 Å². The van der Waals surface area contributed by atoms with Crippen LogP contribution in [0.15, 0.2) is 12.2 Å². The molecule has 16 heavy (non-hydrogen) atoms. The van der Waals surface area contributed by atoms with Crippen LogP contribution in [0.3, 0.4) is 0 Å². The van der Waals surface area contributed by atoms with Crippen molar-refractivity contribution in [3.05, 3.63) is 17.0 Å². The molecule has 0 aliphatic heterocycles. The average molecular weight is 238 g/mol. The Balaban J connectivity index is 2.05. The first kappa shape index (κ1) is 10.9. The van der Waals surface area contributed by atoms with Crippen molar-refractivity contribution in [1.82, 2.24) is 10.3 Å². The van der Waals surface area contributed by atoms with Gasteiger partial charge in [0.15, 0.2) is 5.13 Å². The second-order valence-electron chi connectivity index (χ2n) is 3.60. The number of nitrogens with zero attached hydrogens (tertiary/aromatic N) is 1. The molecule has 1 aliphatic rings. The van der Waals surface area contributed by atoms with E-state index >= 15 is 0 Å². The van der Waals surface area contributed by atoms with Crippen LogP contribution in [0.1, 0.15) is 22.5 Å².